The zero-order valence-electron chi connectivity index (χ0n) is 8.94. The van der Waals surface area contributed by atoms with Gasteiger partial charge in [0.1, 0.15) is 5.84 Å². The Kier molecular flexibility index (Phi) is 5.06. The molecule has 1 rings (SSSR count). The maximum atomic E-state index is 11.4. The molecule has 0 aliphatic rings. The number of thiazole rings is 1. The van der Waals surface area contributed by atoms with E-state index in [1.54, 1.807) is 20.3 Å². The van der Waals surface area contributed by atoms with Crippen LogP contribution in [0.3, 0.4) is 0 Å². The van der Waals surface area contributed by atoms with Gasteiger partial charge in [0.2, 0.25) is 0 Å². The zero-order chi connectivity index (χ0) is 12.0. The van der Waals surface area contributed by atoms with E-state index in [1.807, 2.05) is 0 Å². The molecule has 2 amide bonds. The number of urea groups is 1. The van der Waals surface area contributed by atoms with Gasteiger partial charge in [-0.2, -0.15) is 0 Å². The van der Waals surface area contributed by atoms with Crippen molar-refractivity contribution in [1.82, 2.24) is 15.6 Å². The van der Waals surface area contributed by atoms with Gasteiger partial charge >= 0.3 is 6.03 Å². The Morgan fingerprint density at radius 2 is 2.44 bits per heavy atom. The van der Waals surface area contributed by atoms with Crippen molar-refractivity contribution in [1.29, 1.82) is 0 Å². The lowest BCUT2D eigenvalue weighted by Gasteiger charge is -2.06. The molecule has 0 aliphatic heterocycles. The first-order valence-electron chi connectivity index (χ1n) is 4.48. The summed E-state index contributed by atoms with van der Waals surface area (Å²) < 4.78 is 0.751. The van der Waals surface area contributed by atoms with Gasteiger partial charge in [-0.15, -0.1) is 12.6 Å². The molecular weight excluding hydrogens is 246 g/mol. The summed E-state index contributed by atoms with van der Waals surface area (Å²) in [6, 6.07) is -0.320. The number of hydrogen-bond donors (Lipinski definition) is 4. The number of amidine groups is 1. The molecule has 0 saturated heterocycles. The zero-order valence-corrected chi connectivity index (χ0v) is 10.7. The summed E-state index contributed by atoms with van der Waals surface area (Å²) in [5.74, 6) is 0.698. The third kappa shape index (κ3) is 4.07. The fourth-order valence-corrected chi connectivity index (χ4v) is 1.78. The second-order valence-corrected chi connectivity index (χ2v) is 4.55. The molecule has 0 radical (unpaired) electrons. The van der Waals surface area contributed by atoms with Gasteiger partial charge in [0, 0.05) is 14.1 Å². The fraction of sp³-hybridized carbons (Fsp3) is 0.375. The van der Waals surface area contributed by atoms with Crippen LogP contribution >= 0.6 is 24.0 Å². The normalized spacial score (nSPS) is 11.1. The molecule has 0 spiro atoms. The first-order valence-corrected chi connectivity index (χ1v) is 5.75. The lowest BCUT2D eigenvalue weighted by molar-refractivity contribution is 0.253. The molecule has 0 unspecified atom stereocenters. The van der Waals surface area contributed by atoms with Crippen LogP contribution in [-0.4, -0.2) is 37.5 Å². The summed E-state index contributed by atoms with van der Waals surface area (Å²) in [5, 5.41) is 8.61. The summed E-state index contributed by atoms with van der Waals surface area (Å²) in [6.45, 7) is 0.345. The molecule has 0 aliphatic carbocycles. The van der Waals surface area contributed by atoms with Gasteiger partial charge in [-0.25, -0.2) is 9.78 Å². The lowest BCUT2D eigenvalue weighted by Crippen LogP contribution is -2.37. The quantitative estimate of drug-likeness (QED) is 0.368. The average Bonchev–Trinajstić information content (AvgIpc) is 2.65. The number of carbonyl (C=O) groups is 1. The summed E-state index contributed by atoms with van der Waals surface area (Å²) in [6.07, 6.45) is 1.58. The lowest BCUT2D eigenvalue weighted by atomic mass is 10.5. The summed E-state index contributed by atoms with van der Waals surface area (Å²) in [7, 11) is 3.40. The number of anilines is 1. The molecule has 16 heavy (non-hydrogen) atoms. The molecule has 1 heterocycles. The number of thiol groups is 1. The molecule has 0 atom stereocenters. The topological polar surface area (TPSA) is 78.4 Å². The highest BCUT2D eigenvalue weighted by molar-refractivity contribution is 7.83. The number of hydrogen-bond acceptors (Lipinski definition) is 5. The average molecular weight is 259 g/mol. The summed E-state index contributed by atoms with van der Waals surface area (Å²) in [4.78, 5) is 19.3. The monoisotopic (exact) mass is 259 g/mol. The molecule has 88 valence electrons. The Morgan fingerprint density at radius 1 is 1.69 bits per heavy atom. The van der Waals surface area contributed by atoms with Crippen molar-refractivity contribution < 1.29 is 4.79 Å². The van der Waals surface area contributed by atoms with E-state index in [9.17, 15) is 4.79 Å². The van der Waals surface area contributed by atoms with Crippen LogP contribution in [0.4, 0.5) is 9.93 Å². The van der Waals surface area contributed by atoms with Crippen molar-refractivity contribution in [3.63, 3.8) is 0 Å². The molecule has 0 fully saturated rings. The van der Waals surface area contributed by atoms with Crippen LogP contribution in [0.1, 0.15) is 0 Å². The van der Waals surface area contributed by atoms with Gasteiger partial charge in [-0.1, -0.05) is 11.3 Å². The van der Waals surface area contributed by atoms with E-state index in [-0.39, 0.29) is 6.03 Å². The van der Waals surface area contributed by atoms with Crippen LogP contribution in [0.2, 0.25) is 0 Å². The minimum Gasteiger partial charge on any atom is -0.375 e. The number of likely N-dealkylation sites (N-methyl/N-ethyl adjacent to an activating group) is 1. The third-order valence-corrected chi connectivity index (χ3v) is 2.79. The Labute approximate surface area is 103 Å². The third-order valence-electron chi connectivity index (χ3n) is 1.69. The van der Waals surface area contributed by atoms with Crippen LogP contribution in [0.15, 0.2) is 15.4 Å². The van der Waals surface area contributed by atoms with Crippen molar-refractivity contribution in [2.75, 3.05) is 26.0 Å². The van der Waals surface area contributed by atoms with Gasteiger partial charge in [0.15, 0.2) is 5.13 Å². The number of amides is 2. The van der Waals surface area contributed by atoms with Gasteiger partial charge < -0.3 is 10.6 Å². The van der Waals surface area contributed by atoms with E-state index in [1.165, 1.54) is 11.3 Å². The number of rotatable bonds is 3. The number of aliphatic imine (C=N–C) groups is 1. The van der Waals surface area contributed by atoms with Crippen LogP contribution < -0.4 is 16.0 Å². The highest BCUT2D eigenvalue weighted by atomic mass is 32.2. The van der Waals surface area contributed by atoms with Crippen LogP contribution in [0.5, 0.6) is 0 Å². The van der Waals surface area contributed by atoms with E-state index in [0.717, 1.165) is 4.21 Å². The summed E-state index contributed by atoms with van der Waals surface area (Å²) >= 11 is 5.39. The highest BCUT2D eigenvalue weighted by Gasteiger charge is 2.05. The Morgan fingerprint density at radius 3 is 2.94 bits per heavy atom. The van der Waals surface area contributed by atoms with E-state index in [4.69, 9.17) is 0 Å². The molecule has 0 bridgehead atoms. The first kappa shape index (κ1) is 12.8. The smallest absolute Gasteiger partial charge is 0.321 e. The number of nitrogens with one attached hydrogen (secondary N) is 3. The molecule has 1 aromatic heterocycles. The van der Waals surface area contributed by atoms with Crippen molar-refractivity contribution in [2.45, 2.75) is 4.21 Å². The molecule has 6 nitrogen and oxygen atoms in total. The Balaban J connectivity index is 2.37. The van der Waals surface area contributed by atoms with E-state index < -0.39 is 0 Å². The first-order chi connectivity index (χ1) is 7.65. The second kappa shape index (κ2) is 6.33. The van der Waals surface area contributed by atoms with Crippen molar-refractivity contribution in [3.8, 4) is 0 Å². The second-order valence-electron chi connectivity index (χ2n) is 2.73. The molecule has 0 saturated carbocycles. The van der Waals surface area contributed by atoms with E-state index in [2.05, 4.69) is 38.6 Å². The van der Waals surface area contributed by atoms with Crippen molar-refractivity contribution >= 4 is 41.0 Å². The molecule has 1 aromatic rings. The van der Waals surface area contributed by atoms with Gasteiger partial charge in [-0.05, 0) is 0 Å². The number of aromatic nitrogens is 1. The van der Waals surface area contributed by atoms with Crippen LogP contribution in [-0.2, 0) is 0 Å². The minimum atomic E-state index is -0.320. The SMILES string of the molecule is CN=C(CNC(=O)Nc1ncc(S)s1)NC. The molecular formula is C8H13N5OS2. The molecule has 3 N–H and O–H groups in total. The van der Waals surface area contributed by atoms with Crippen molar-refractivity contribution in [2.24, 2.45) is 4.99 Å². The number of nitrogens with zero attached hydrogens (tertiary/aromatic N) is 2. The Hall–Kier alpha value is -1.28. The van der Waals surface area contributed by atoms with Gasteiger partial charge in [0.05, 0.1) is 17.0 Å². The highest BCUT2D eigenvalue weighted by Crippen LogP contribution is 2.20. The largest absolute Gasteiger partial charge is 0.375 e. The fourth-order valence-electron chi connectivity index (χ4n) is 0.908. The minimum absolute atomic E-state index is 0.320. The summed E-state index contributed by atoms with van der Waals surface area (Å²) in [5.41, 5.74) is 0. The van der Waals surface area contributed by atoms with E-state index >= 15 is 0 Å². The maximum absolute atomic E-state index is 11.4. The van der Waals surface area contributed by atoms with Gasteiger partial charge in [-0.3, -0.25) is 10.3 Å². The van der Waals surface area contributed by atoms with E-state index in [0.29, 0.717) is 17.5 Å². The van der Waals surface area contributed by atoms with Crippen molar-refractivity contribution in [3.05, 3.63) is 6.20 Å². The molecule has 0 aromatic carbocycles. The number of carbonyl (C=O) groups excluding carboxylic acids is 1. The maximum Gasteiger partial charge on any atom is 0.321 e. The molecule has 8 heteroatoms. The van der Waals surface area contributed by atoms with Gasteiger partial charge in [0.25, 0.3) is 0 Å². The standard InChI is InChI=1S/C8H13N5OS2/c1-9-5(10-2)3-11-7(14)13-8-12-4-6(15)16-8/h4,15H,3H2,1-2H3,(H,9,10)(H2,11,12,13,14). The van der Waals surface area contributed by atoms with Crippen LogP contribution in [0, 0.1) is 0 Å². The Bertz CT molecular complexity index is 390. The van der Waals surface area contributed by atoms with Crippen LogP contribution in [0.25, 0.3) is 0 Å². The predicted octanol–water partition coefficient (Wildman–Crippen LogP) is 0.801. The predicted molar refractivity (Wildman–Crippen MR) is 68.8 cm³/mol.